The normalized spacial score (nSPS) is 19.4. The van der Waals surface area contributed by atoms with E-state index in [4.69, 9.17) is 4.74 Å². The van der Waals surface area contributed by atoms with Crippen molar-refractivity contribution in [3.05, 3.63) is 71.0 Å². The van der Waals surface area contributed by atoms with Crippen LogP contribution in [0, 0.1) is 11.7 Å². The van der Waals surface area contributed by atoms with Gasteiger partial charge in [-0.3, -0.25) is 0 Å². The highest BCUT2D eigenvalue weighted by molar-refractivity contribution is 5.76. The number of aliphatic hydroxyl groups excluding tert-OH is 1. The van der Waals surface area contributed by atoms with Crippen LogP contribution in [0.2, 0.25) is 0 Å². The lowest BCUT2D eigenvalue weighted by Gasteiger charge is -2.40. The molecule has 0 aromatic heterocycles. The van der Waals surface area contributed by atoms with Crippen LogP contribution in [0.5, 0.6) is 0 Å². The van der Waals surface area contributed by atoms with Crippen molar-refractivity contribution in [1.29, 1.82) is 0 Å². The molecule has 0 bridgehead atoms. The summed E-state index contributed by atoms with van der Waals surface area (Å²) in [6.45, 7) is 6.88. The monoisotopic (exact) mass is 497 g/mol. The molecule has 1 fully saturated rings. The third kappa shape index (κ3) is 5.98. The van der Waals surface area contributed by atoms with Crippen molar-refractivity contribution in [2.24, 2.45) is 5.92 Å². The number of fused-ring (bicyclic) bond motifs is 1. The van der Waals surface area contributed by atoms with Gasteiger partial charge in [-0.15, -0.1) is 0 Å². The second kappa shape index (κ2) is 10.9. The van der Waals surface area contributed by atoms with Crippen LogP contribution in [0.15, 0.2) is 48.5 Å². The minimum absolute atomic E-state index is 0.0407. The summed E-state index contributed by atoms with van der Waals surface area (Å²) in [5.74, 6) is -0.282. The molecule has 2 N–H and O–H groups in total. The lowest BCUT2D eigenvalue weighted by Crippen LogP contribution is -2.53. The quantitative estimate of drug-likeness (QED) is 0.652. The Bertz CT molecular complexity index is 1060. The molecule has 2 heterocycles. The molecular formula is C28H36FN3O4. The number of carbonyl (C=O) groups excluding carboxylic acids is 2. The third-order valence-corrected chi connectivity index (χ3v) is 7.00. The Morgan fingerprint density at radius 2 is 1.75 bits per heavy atom. The highest BCUT2D eigenvalue weighted by Crippen LogP contribution is 2.35. The van der Waals surface area contributed by atoms with E-state index in [1.165, 1.54) is 17.7 Å². The zero-order valence-corrected chi connectivity index (χ0v) is 21.2. The van der Waals surface area contributed by atoms with Gasteiger partial charge in [0.15, 0.2) is 0 Å². The number of ether oxygens (including phenoxy) is 1. The molecule has 0 radical (unpaired) electrons. The van der Waals surface area contributed by atoms with Crippen LogP contribution >= 0.6 is 0 Å². The number of carbonyl (C=O) groups is 2. The van der Waals surface area contributed by atoms with Crippen LogP contribution in [0.25, 0.3) is 0 Å². The summed E-state index contributed by atoms with van der Waals surface area (Å²) in [6, 6.07) is 13.3. The Balaban J connectivity index is 1.45. The highest BCUT2D eigenvalue weighted by Gasteiger charge is 2.35. The number of benzene rings is 2. The van der Waals surface area contributed by atoms with Crippen molar-refractivity contribution in [2.45, 2.75) is 57.7 Å². The van der Waals surface area contributed by atoms with Crippen molar-refractivity contribution in [3.8, 4) is 0 Å². The van der Waals surface area contributed by atoms with Gasteiger partial charge in [0.25, 0.3) is 0 Å². The molecule has 2 aromatic rings. The Morgan fingerprint density at radius 1 is 1.08 bits per heavy atom. The van der Waals surface area contributed by atoms with Gasteiger partial charge in [0.05, 0.1) is 18.7 Å². The van der Waals surface area contributed by atoms with E-state index in [0.29, 0.717) is 32.5 Å². The van der Waals surface area contributed by atoms with Crippen molar-refractivity contribution in [2.75, 3.05) is 26.2 Å². The second-order valence-electron chi connectivity index (χ2n) is 10.6. The van der Waals surface area contributed by atoms with Gasteiger partial charge in [0.2, 0.25) is 0 Å². The number of amides is 3. The topological polar surface area (TPSA) is 82.1 Å². The lowest BCUT2D eigenvalue weighted by atomic mass is 9.88. The molecule has 4 rings (SSSR count). The Kier molecular flexibility index (Phi) is 7.83. The summed E-state index contributed by atoms with van der Waals surface area (Å²) in [6.07, 6.45) is 1.71. The number of urea groups is 1. The molecule has 36 heavy (non-hydrogen) atoms. The molecule has 2 aliphatic heterocycles. The average molecular weight is 498 g/mol. The zero-order chi connectivity index (χ0) is 25.9. The predicted molar refractivity (Wildman–Crippen MR) is 135 cm³/mol. The fourth-order valence-corrected chi connectivity index (χ4v) is 5.15. The van der Waals surface area contributed by atoms with Gasteiger partial charge in [-0.2, -0.15) is 0 Å². The summed E-state index contributed by atoms with van der Waals surface area (Å²) < 4.78 is 19.1. The Hall–Kier alpha value is -3.13. The number of halogens is 1. The Morgan fingerprint density at radius 3 is 2.39 bits per heavy atom. The van der Waals surface area contributed by atoms with Gasteiger partial charge >= 0.3 is 12.1 Å². The van der Waals surface area contributed by atoms with Gasteiger partial charge < -0.3 is 25.0 Å². The van der Waals surface area contributed by atoms with Crippen LogP contribution in [0.1, 0.15) is 56.3 Å². The molecule has 3 amide bonds. The first kappa shape index (κ1) is 25.9. The Labute approximate surface area is 212 Å². The number of nitrogens with one attached hydrogen (secondary N) is 1. The smallest absolute Gasteiger partial charge is 0.410 e. The zero-order valence-electron chi connectivity index (χ0n) is 21.2. The summed E-state index contributed by atoms with van der Waals surface area (Å²) >= 11 is 0. The molecule has 8 heteroatoms. The first-order chi connectivity index (χ1) is 17.2. The molecule has 0 saturated carbocycles. The summed E-state index contributed by atoms with van der Waals surface area (Å²) in [7, 11) is 0. The van der Waals surface area contributed by atoms with Crippen molar-refractivity contribution >= 4 is 12.1 Å². The number of nitrogens with zero attached hydrogens (tertiary/aromatic N) is 2. The summed E-state index contributed by atoms with van der Waals surface area (Å²) in [5.41, 5.74) is 2.48. The van der Waals surface area contributed by atoms with Gasteiger partial charge in [-0.25, -0.2) is 14.0 Å². The molecule has 1 saturated heterocycles. The number of aliphatic hydroxyl groups is 1. The largest absolute Gasteiger partial charge is 0.444 e. The number of hydrogen-bond donors (Lipinski definition) is 2. The third-order valence-electron chi connectivity index (χ3n) is 7.00. The maximum atomic E-state index is 13.6. The van der Waals surface area contributed by atoms with Crippen LogP contribution in [0.4, 0.5) is 14.0 Å². The van der Waals surface area contributed by atoms with E-state index in [2.05, 4.69) is 11.4 Å². The molecule has 2 aliphatic rings. The predicted octanol–water partition coefficient (Wildman–Crippen LogP) is 4.49. The van der Waals surface area contributed by atoms with Crippen molar-refractivity contribution < 1.29 is 23.8 Å². The summed E-state index contributed by atoms with van der Waals surface area (Å²) in [5, 5.41) is 13.2. The molecule has 2 aromatic carbocycles. The second-order valence-corrected chi connectivity index (χ2v) is 10.6. The first-order valence-corrected chi connectivity index (χ1v) is 12.7. The molecular weight excluding hydrogens is 461 g/mol. The van der Waals surface area contributed by atoms with Crippen LogP contribution in [0.3, 0.4) is 0 Å². The molecule has 2 atom stereocenters. The number of likely N-dealkylation sites (tertiary alicyclic amines) is 1. The van der Waals surface area contributed by atoms with E-state index >= 15 is 0 Å². The minimum Gasteiger partial charge on any atom is -0.444 e. The SMILES string of the molecule is CC(C)(C)OC(=O)N1CCC(C(CO)NC(=O)N2CCc3ccccc3[C@@H]2c2ccc(F)cc2)CC1. The molecule has 7 nitrogen and oxygen atoms in total. The van der Waals surface area contributed by atoms with E-state index in [1.807, 2.05) is 39.0 Å². The van der Waals surface area contributed by atoms with Crippen LogP contribution < -0.4 is 5.32 Å². The first-order valence-electron chi connectivity index (χ1n) is 12.7. The van der Waals surface area contributed by atoms with Crippen molar-refractivity contribution in [1.82, 2.24) is 15.1 Å². The number of hydrogen-bond acceptors (Lipinski definition) is 4. The molecule has 1 unspecified atom stereocenters. The highest BCUT2D eigenvalue weighted by atomic mass is 19.1. The maximum Gasteiger partial charge on any atom is 0.410 e. The lowest BCUT2D eigenvalue weighted by molar-refractivity contribution is 0.0158. The van der Waals surface area contributed by atoms with Crippen molar-refractivity contribution in [3.63, 3.8) is 0 Å². The fourth-order valence-electron chi connectivity index (χ4n) is 5.15. The molecule has 0 spiro atoms. The van der Waals surface area contributed by atoms with E-state index < -0.39 is 11.6 Å². The van der Waals surface area contributed by atoms with Crippen LogP contribution in [-0.4, -0.2) is 64.9 Å². The van der Waals surface area contributed by atoms with Gasteiger partial charge in [0, 0.05) is 19.6 Å². The number of rotatable bonds is 4. The standard InChI is InChI=1S/C28H36FN3O4/c1-28(2,3)36-27(35)31-15-12-20(13-16-31)24(18-33)30-26(34)32-17-14-19-6-4-5-7-23(19)25(32)21-8-10-22(29)11-9-21/h4-11,20,24-25,33H,12-18H2,1-3H3,(H,30,34)/t24?,25-/m0/s1. The van der Waals surface area contributed by atoms with Gasteiger partial charge in [-0.1, -0.05) is 36.4 Å². The van der Waals surface area contributed by atoms with E-state index in [1.54, 1.807) is 21.9 Å². The molecule has 0 aliphatic carbocycles. The van der Waals surface area contributed by atoms with E-state index in [0.717, 1.165) is 17.5 Å². The number of piperidine rings is 1. The fraction of sp³-hybridized carbons (Fsp3) is 0.500. The minimum atomic E-state index is -0.552. The average Bonchev–Trinajstić information content (AvgIpc) is 2.86. The molecule has 194 valence electrons. The van der Waals surface area contributed by atoms with Gasteiger partial charge in [-0.05, 0) is 74.8 Å². The van der Waals surface area contributed by atoms with Gasteiger partial charge in [0.1, 0.15) is 11.4 Å². The van der Waals surface area contributed by atoms with E-state index in [-0.39, 0.29) is 36.5 Å². The maximum absolute atomic E-state index is 13.6. The summed E-state index contributed by atoms with van der Waals surface area (Å²) in [4.78, 5) is 29.4. The van der Waals surface area contributed by atoms with Crippen LogP contribution in [-0.2, 0) is 11.2 Å². The van der Waals surface area contributed by atoms with E-state index in [9.17, 15) is 19.1 Å².